The maximum Gasteiger partial charge on any atom is 0.312 e. The van der Waals surface area contributed by atoms with Crippen LogP contribution in [-0.2, 0) is 9.53 Å². The summed E-state index contributed by atoms with van der Waals surface area (Å²) in [4.78, 5) is 14.6. The van der Waals surface area contributed by atoms with E-state index in [4.69, 9.17) is 4.74 Å². The smallest absolute Gasteiger partial charge is 0.312 e. The predicted molar refractivity (Wildman–Crippen MR) is 169 cm³/mol. The Morgan fingerprint density at radius 3 is 1.20 bits per heavy atom. The molecule has 0 aliphatic heterocycles. The molecule has 3 N–H and O–H groups in total. The minimum Gasteiger partial charge on any atom is -0.464 e. The van der Waals surface area contributed by atoms with Crippen molar-refractivity contribution in [2.24, 2.45) is 16.2 Å². The average Bonchev–Trinajstić information content (AvgIpc) is 2.97. The van der Waals surface area contributed by atoms with Crippen LogP contribution in [-0.4, -0.2) is 47.7 Å². The van der Waals surface area contributed by atoms with Crippen LogP contribution in [0.1, 0.15) is 176 Å². The molecule has 0 heterocycles. The Labute approximate surface area is 249 Å². The predicted octanol–water partition coefficient (Wildman–Crippen LogP) is 9.15. The number of aliphatic hydroxyl groups excluding tert-OH is 3. The molecule has 0 aromatic rings. The van der Waals surface area contributed by atoms with Gasteiger partial charge in [-0.15, -0.1) is 0 Å². The van der Waals surface area contributed by atoms with Crippen molar-refractivity contribution in [1.82, 2.24) is 0 Å². The van der Waals surface area contributed by atoms with Crippen LogP contribution in [0.2, 0.25) is 0 Å². The van der Waals surface area contributed by atoms with Crippen LogP contribution in [0.4, 0.5) is 0 Å². The van der Waals surface area contributed by atoms with Gasteiger partial charge in [-0.25, -0.2) is 0 Å². The maximum atomic E-state index is 14.6. The molecular weight excluding hydrogens is 500 g/mol. The monoisotopic (exact) mass is 571 g/mol. The largest absolute Gasteiger partial charge is 0.464 e. The zero-order valence-electron chi connectivity index (χ0n) is 27.5. The second kappa shape index (κ2) is 23.9. The Bertz CT molecular complexity index is 554. The molecule has 0 bridgehead atoms. The highest BCUT2D eigenvalue weighted by atomic mass is 16.5. The zero-order chi connectivity index (χ0) is 30.2. The average molecular weight is 571 g/mol. The lowest BCUT2D eigenvalue weighted by Gasteiger charge is -2.51. The van der Waals surface area contributed by atoms with Crippen molar-refractivity contribution in [3.05, 3.63) is 0 Å². The lowest BCUT2D eigenvalue weighted by atomic mass is 9.53. The third-order valence-electron chi connectivity index (χ3n) is 9.58. The third kappa shape index (κ3) is 13.1. The Balaban J connectivity index is 6.72. The van der Waals surface area contributed by atoms with E-state index in [1.165, 1.54) is 51.4 Å². The topological polar surface area (TPSA) is 87.0 Å². The molecule has 0 aromatic heterocycles. The lowest BCUT2D eigenvalue weighted by Crippen LogP contribution is -2.51. The molecule has 0 atom stereocenters. The van der Waals surface area contributed by atoms with Crippen LogP contribution in [0.15, 0.2) is 0 Å². The number of esters is 1. The van der Waals surface area contributed by atoms with Crippen LogP contribution < -0.4 is 0 Å². The van der Waals surface area contributed by atoms with E-state index in [9.17, 15) is 20.1 Å². The highest BCUT2D eigenvalue weighted by molar-refractivity contribution is 5.78. The zero-order valence-corrected chi connectivity index (χ0v) is 27.5. The van der Waals surface area contributed by atoms with Gasteiger partial charge in [0.2, 0.25) is 0 Å². The molecular formula is C35H70O5. The molecule has 0 saturated carbocycles. The minimum atomic E-state index is -1.21. The molecule has 0 aromatic carbocycles. The van der Waals surface area contributed by atoms with Gasteiger partial charge in [0.25, 0.3) is 0 Å². The van der Waals surface area contributed by atoms with Crippen molar-refractivity contribution in [3.63, 3.8) is 0 Å². The van der Waals surface area contributed by atoms with Crippen molar-refractivity contribution in [3.8, 4) is 0 Å². The molecule has 0 fully saturated rings. The van der Waals surface area contributed by atoms with E-state index in [-0.39, 0.29) is 18.0 Å². The summed E-state index contributed by atoms with van der Waals surface area (Å²) in [5.74, 6) is -0.139. The Hall–Kier alpha value is -0.650. The van der Waals surface area contributed by atoms with Gasteiger partial charge in [0.1, 0.15) is 6.61 Å². The molecule has 0 aliphatic carbocycles. The SMILES string of the molecule is CCCCCCC(CCC)(CCCCCC)C(CCCCCC)(CCCCCC)C(=O)OCC(CO)(CO)CO. The summed E-state index contributed by atoms with van der Waals surface area (Å²) in [7, 11) is 0. The molecule has 0 spiro atoms. The third-order valence-corrected chi connectivity index (χ3v) is 9.58. The Morgan fingerprint density at radius 2 is 0.875 bits per heavy atom. The molecule has 5 heteroatoms. The van der Waals surface area contributed by atoms with Crippen molar-refractivity contribution < 1.29 is 24.9 Å². The first kappa shape index (κ1) is 39.4. The van der Waals surface area contributed by atoms with Gasteiger partial charge in [-0.1, -0.05) is 144 Å². The summed E-state index contributed by atoms with van der Waals surface area (Å²) in [5, 5.41) is 29.9. The van der Waals surface area contributed by atoms with Gasteiger partial charge >= 0.3 is 5.97 Å². The van der Waals surface area contributed by atoms with Crippen molar-refractivity contribution in [1.29, 1.82) is 0 Å². The Morgan fingerprint density at radius 1 is 0.500 bits per heavy atom. The van der Waals surface area contributed by atoms with Gasteiger partial charge in [-0.2, -0.15) is 0 Å². The molecule has 0 rings (SSSR count). The fourth-order valence-electron chi connectivity index (χ4n) is 6.78. The summed E-state index contributed by atoms with van der Waals surface area (Å²) in [5.41, 5.74) is -1.89. The van der Waals surface area contributed by atoms with Crippen molar-refractivity contribution in [2.75, 3.05) is 26.4 Å². The number of carbonyl (C=O) groups is 1. The highest BCUT2D eigenvalue weighted by Crippen LogP contribution is 2.57. The van der Waals surface area contributed by atoms with Crippen LogP contribution in [0.3, 0.4) is 0 Å². The number of unbranched alkanes of at least 4 members (excludes halogenated alkanes) is 12. The molecule has 40 heavy (non-hydrogen) atoms. The minimum absolute atomic E-state index is 0.112. The first-order chi connectivity index (χ1) is 19.4. The van der Waals surface area contributed by atoms with Gasteiger partial charge in [0, 0.05) is 0 Å². The molecule has 0 aliphatic rings. The van der Waals surface area contributed by atoms with E-state index < -0.39 is 30.7 Å². The second-order valence-corrected chi connectivity index (χ2v) is 12.9. The van der Waals surface area contributed by atoms with E-state index in [2.05, 4.69) is 34.6 Å². The summed E-state index contributed by atoms with van der Waals surface area (Å²) in [6.45, 7) is 9.84. The van der Waals surface area contributed by atoms with Crippen LogP contribution >= 0.6 is 0 Å². The van der Waals surface area contributed by atoms with Gasteiger partial charge in [0.15, 0.2) is 0 Å². The van der Waals surface area contributed by atoms with Crippen molar-refractivity contribution in [2.45, 2.75) is 176 Å². The number of rotatable bonds is 29. The van der Waals surface area contributed by atoms with Crippen LogP contribution in [0.25, 0.3) is 0 Å². The van der Waals surface area contributed by atoms with E-state index >= 15 is 0 Å². The highest BCUT2D eigenvalue weighted by Gasteiger charge is 2.55. The molecule has 240 valence electrons. The number of ether oxygens (including phenoxy) is 1. The normalized spacial score (nSPS) is 12.7. The van der Waals surface area contributed by atoms with E-state index in [0.717, 1.165) is 89.9 Å². The number of hydrogen-bond donors (Lipinski definition) is 3. The lowest BCUT2D eigenvalue weighted by molar-refractivity contribution is -0.178. The maximum absolute atomic E-state index is 14.6. The van der Waals surface area contributed by atoms with E-state index in [0.29, 0.717) is 0 Å². The summed E-state index contributed by atoms with van der Waals surface area (Å²) < 4.78 is 6.15. The van der Waals surface area contributed by atoms with E-state index in [1.807, 2.05) is 0 Å². The molecule has 0 unspecified atom stereocenters. The number of aliphatic hydroxyl groups is 3. The van der Waals surface area contributed by atoms with Gasteiger partial charge in [-0.05, 0) is 37.5 Å². The quantitative estimate of drug-likeness (QED) is 0.0616. The van der Waals surface area contributed by atoms with Crippen LogP contribution in [0, 0.1) is 16.2 Å². The molecule has 0 radical (unpaired) electrons. The molecule has 0 amide bonds. The second-order valence-electron chi connectivity index (χ2n) is 12.9. The Kier molecular flexibility index (Phi) is 23.5. The fraction of sp³-hybridized carbons (Fsp3) is 0.971. The van der Waals surface area contributed by atoms with Gasteiger partial charge in [-0.3, -0.25) is 4.79 Å². The first-order valence-corrected chi connectivity index (χ1v) is 17.4. The molecule has 5 nitrogen and oxygen atoms in total. The van der Waals surface area contributed by atoms with Gasteiger partial charge in [0.05, 0.1) is 30.7 Å². The number of carbonyl (C=O) groups excluding carboxylic acids is 1. The summed E-state index contributed by atoms with van der Waals surface area (Å²) in [6.07, 6.45) is 24.5. The number of hydrogen-bond acceptors (Lipinski definition) is 5. The standard InChI is InChI=1S/C35H70O5/c1-6-11-15-19-24-34(23-10-5,25-20-16-12-7-2)35(26-21-17-13-8-3,27-22-18-14-9-4)32(39)40-31-33(28-36,29-37)30-38/h36-38H,6-31H2,1-5H3. The van der Waals surface area contributed by atoms with E-state index in [1.54, 1.807) is 0 Å². The fourth-order valence-corrected chi connectivity index (χ4v) is 6.78. The van der Waals surface area contributed by atoms with Crippen LogP contribution in [0.5, 0.6) is 0 Å². The first-order valence-electron chi connectivity index (χ1n) is 17.4. The molecule has 0 saturated heterocycles. The van der Waals surface area contributed by atoms with Gasteiger partial charge < -0.3 is 20.1 Å². The van der Waals surface area contributed by atoms with Crippen molar-refractivity contribution >= 4 is 5.97 Å². The summed E-state index contributed by atoms with van der Waals surface area (Å²) in [6, 6.07) is 0. The summed E-state index contributed by atoms with van der Waals surface area (Å²) >= 11 is 0.